The number of para-hydroxylation sites is 1. The fourth-order valence-electron chi connectivity index (χ4n) is 2.87. The minimum Gasteiger partial charge on any atom is -0.325 e. The average molecular weight is 401 g/mol. The van der Waals surface area contributed by atoms with Crippen molar-refractivity contribution in [3.8, 4) is 0 Å². The first-order valence-electron chi connectivity index (χ1n) is 8.14. The molecule has 136 valence electrons. The van der Waals surface area contributed by atoms with Gasteiger partial charge >= 0.3 is 0 Å². The van der Waals surface area contributed by atoms with E-state index in [0.717, 1.165) is 22.1 Å². The molecule has 0 aliphatic rings. The van der Waals surface area contributed by atoms with Gasteiger partial charge in [-0.25, -0.2) is 4.39 Å². The molecule has 1 N–H and O–H groups in total. The first-order valence-corrected chi connectivity index (χ1v) is 9.50. The minimum absolute atomic E-state index is 0.0363. The molecule has 2 aromatic carbocycles. The molecule has 5 nitrogen and oxygen atoms in total. The van der Waals surface area contributed by atoms with Crippen LogP contribution in [0.3, 0.4) is 0 Å². The number of anilines is 1. The molecule has 0 atom stereocenters. The van der Waals surface area contributed by atoms with Gasteiger partial charge in [0.05, 0.1) is 16.3 Å². The van der Waals surface area contributed by atoms with Crippen LogP contribution in [0.1, 0.15) is 5.56 Å². The van der Waals surface area contributed by atoms with Crippen LogP contribution in [-0.4, -0.2) is 26.3 Å². The fourth-order valence-corrected chi connectivity index (χ4v) is 3.80. The first-order chi connectivity index (χ1) is 13.0. The summed E-state index contributed by atoms with van der Waals surface area (Å²) in [5.41, 5.74) is 3.29. The number of aryl methyl sites for hydroxylation is 1. The number of aromatic nitrogens is 3. The molecule has 2 aromatic heterocycles. The van der Waals surface area contributed by atoms with E-state index in [1.807, 2.05) is 41.7 Å². The number of carbonyl (C=O) groups is 1. The third kappa shape index (κ3) is 3.48. The third-order valence-electron chi connectivity index (χ3n) is 4.11. The van der Waals surface area contributed by atoms with Gasteiger partial charge in [-0.1, -0.05) is 41.6 Å². The van der Waals surface area contributed by atoms with Crippen molar-refractivity contribution in [2.75, 3.05) is 11.1 Å². The lowest BCUT2D eigenvalue weighted by atomic mass is 10.1. The molecule has 0 saturated carbocycles. The Bertz CT molecular complexity index is 1180. The Morgan fingerprint density at radius 2 is 2.04 bits per heavy atom. The molecule has 1 amide bonds. The molecule has 0 spiro atoms. The van der Waals surface area contributed by atoms with Crippen LogP contribution in [-0.2, 0) is 4.79 Å². The van der Waals surface area contributed by atoms with Gasteiger partial charge in [0.1, 0.15) is 5.82 Å². The summed E-state index contributed by atoms with van der Waals surface area (Å²) in [5, 5.41) is 12.8. The van der Waals surface area contributed by atoms with Gasteiger partial charge in [-0.2, -0.15) is 0 Å². The van der Waals surface area contributed by atoms with Gasteiger partial charge in [-0.3, -0.25) is 9.20 Å². The Hall–Kier alpha value is -2.64. The maximum Gasteiger partial charge on any atom is 0.234 e. The molecule has 27 heavy (non-hydrogen) atoms. The van der Waals surface area contributed by atoms with Gasteiger partial charge in [-0.05, 0) is 42.8 Å². The molecule has 0 bridgehead atoms. The standard InChI is InChI=1S/C19H14ClFN4OS/c1-11-8-17-23-24-19(25(17)16-5-3-2-4-13(11)16)27-10-18(26)22-12-6-7-15(21)14(20)9-12/h2-9H,10H2,1H3,(H,22,26). The average Bonchev–Trinajstić information content (AvgIpc) is 3.06. The summed E-state index contributed by atoms with van der Waals surface area (Å²) >= 11 is 7.02. The summed E-state index contributed by atoms with van der Waals surface area (Å²) in [6.07, 6.45) is 0. The first kappa shape index (κ1) is 17.8. The van der Waals surface area contributed by atoms with Crippen molar-refractivity contribution >= 4 is 51.5 Å². The second kappa shape index (κ2) is 7.17. The van der Waals surface area contributed by atoms with Crippen LogP contribution in [0.5, 0.6) is 0 Å². The van der Waals surface area contributed by atoms with Crippen LogP contribution in [0.15, 0.2) is 53.7 Å². The van der Waals surface area contributed by atoms with Crippen LogP contribution in [0, 0.1) is 12.7 Å². The lowest BCUT2D eigenvalue weighted by Crippen LogP contribution is -2.14. The summed E-state index contributed by atoms with van der Waals surface area (Å²) in [7, 11) is 0. The minimum atomic E-state index is -0.527. The predicted molar refractivity (Wildman–Crippen MR) is 106 cm³/mol. The van der Waals surface area contributed by atoms with Crippen molar-refractivity contribution in [2.45, 2.75) is 12.1 Å². The van der Waals surface area contributed by atoms with Gasteiger partial charge in [0.25, 0.3) is 0 Å². The highest BCUT2D eigenvalue weighted by molar-refractivity contribution is 7.99. The highest BCUT2D eigenvalue weighted by Crippen LogP contribution is 2.26. The molecule has 4 aromatic rings. The lowest BCUT2D eigenvalue weighted by Gasteiger charge is -2.08. The zero-order valence-corrected chi connectivity index (χ0v) is 15.8. The third-order valence-corrected chi connectivity index (χ3v) is 5.33. The Balaban J connectivity index is 1.56. The molecule has 0 unspecified atom stereocenters. The molecular formula is C19H14ClFN4OS. The van der Waals surface area contributed by atoms with Gasteiger partial charge in [-0.15, -0.1) is 10.2 Å². The Morgan fingerprint density at radius 1 is 1.22 bits per heavy atom. The maximum absolute atomic E-state index is 13.2. The number of nitrogens with one attached hydrogen (secondary N) is 1. The number of carbonyl (C=O) groups excluding carboxylic acids is 1. The van der Waals surface area contributed by atoms with Crippen LogP contribution < -0.4 is 5.32 Å². The van der Waals surface area contributed by atoms with Crippen molar-refractivity contribution in [2.24, 2.45) is 0 Å². The van der Waals surface area contributed by atoms with E-state index < -0.39 is 5.82 Å². The van der Waals surface area contributed by atoms with Crippen LogP contribution >= 0.6 is 23.4 Å². The van der Waals surface area contributed by atoms with E-state index in [4.69, 9.17) is 11.6 Å². The summed E-state index contributed by atoms with van der Waals surface area (Å²) in [6.45, 7) is 2.03. The quantitative estimate of drug-likeness (QED) is 0.504. The number of pyridine rings is 1. The SMILES string of the molecule is Cc1cc2nnc(SCC(=O)Nc3ccc(F)c(Cl)c3)n2c2ccccc12. The predicted octanol–water partition coefficient (Wildman–Crippen LogP) is 4.71. The van der Waals surface area contributed by atoms with Gasteiger partial charge in [0.15, 0.2) is 10.8 Å². The van der Waals surface area contributed by atoms with E-state index in [1.54, 1.807) is 0 Å². The number of thioether (sulfide) groups is 1. The summed E-state index contributed by atoms with van der Waals surface area (Å²) in [6, 6.07) is 14.0. The fraction of sp³-hybridized carbons (Fsp3) is 0.105. The molecule has 4 rings (SSSR count). The number of benzene rings is 2. The van der Waals surface area contributed by atoms with Gasteiger partial charge in [0, 0.05) is 11.1 Å². The van der Waals surface area contributed by atoms with E-state index in [-0.39, 0.29) is 16.7 Å². The number of rotatable bonds is 4. The van der Waals surface area contributed by atoms with Gasteiger partial charge in [0.2, 0.25) is 5.91 Å². The molecule has 0 aliphatic heterocycles. The van der Waals surface area contributed by atoms with E-state index in [0.29, 0.717) is 10.8 Å². The van der Waals surface area contributed by atoms with Crippen molar-refractivity contribution in [3.05, 3.63) is 64.9 Å². The lowest BCUT2D eigenvalue weighted by molar-refractivity contribution is -0.113. The van der Waals surface area contributed by atoms with Crippen molar-refractivity contribution in [3.63, 3.8) is 0 Å². The molecule has 0 saturated heterocycles. The highest BCUT2D eigenvalue weighted by Gasteiger charge is 2.13. The number of halogens is 2. The smallest absolute Gasteiger partial charge is 0.234 e. The maximum atomic E-state index is 13.2. The number of fused-ring (bicyclic) bond motifs is 3. The molecule has 2 heterocycles. The normalized spacial score (nSPS) is 11.2. The zero-order valence-electron chi connectivity index (χ0n) is 14.2. The molecule has 0 aliphatic carbocycles. The van der Waals surface area contributed by atoms with E-state index >= 15 is 0 Å². The molecule has 8 heteroatoms. The number of hydrogen-bond donors (Lipinski definition) is 1. The van der Waals surface area contributed by atoms with Gasteiger partial charge < -0.3 is 5.32 Å². The van der Waals surface area contributed by atoms with Crippen LogP contribution in [0.4, 0.5) is 10.1 Å². The van der Waals surface area contributed by atoms with Crippen molar-refractivity contribution in [1.29, 1.82) is 0 Å². The molecular weight excluding hydrogens is 387 g/mol. The largest absolute Gasteiger partial charge is 0.325 e. The van der Waals surface area contributed by atoms with E-state index in [2.05, 4.69) is 15.5 Å². The van der Waals surface area contributed by atoms with E-state index in [9.17, 15) is 9.18 Å². The Kier molecular flexibility index (Phi) is 4.72. The van der Waals surface area contributed by atoms with E-state index in [1.165, 1.54) is 30.0 Å². The Morgan fingerprint density at radius 3 is 2.85 bits per heavy atom. The van der Waals surface area contributed by atoms with Crippen molar-refractivity contribution in [1.82, 2.24) is 14.6 Å². The second-order valence-electron chi connectivity index (χ2n) is 5.99. The number of hydrogen-bond acceptors (Lipinski definition) is 4. The summed E-state index contributed by atoms with van der Waals surface area (Å²) < 4.78 is 15.1. The van der Waals surface area contributed by atoms with Crippen LogP contribution in [0.25, 0.3) is 16.6 Å². The summed E-state index contributed by atoms with van der Waals surface area (Å²) in [5.74, 6) is -0.630. The van der Waals surface area contributed by atoms with Crippen LogP contribution in [0.2, 0.25) is 5.02 Å². The Labute approximate surface area is 163 Å². The molecule has 0 radical (unpaired) electrons. The number of amides is 1. The number of nitrogens with zero attached hydrogens (tertiary/aromatic N) is 3. The topological polar surface area (TPSA) is 59.3 Å². The summed E-state index contributed by atoms with van der Waals surface area (Å²) in [4.78, 5) is 12.2. The second-order valence-corrected chi connectivity index (χ2v) is 7.34. The monoisotopic (exact) mass is 400 g/mol. The molecule has 0 fully saturated rings. The zero-order chi connectivity index (χ0) is 19.0. The van der Waals surface area contributed by atoms with Crippen molar-refractivity contribution < 1.29 is 9.18 Å². The highest BCUT2D eigenvalue weighted by atomic mass is 35.5.